The van der Waals surface area contributed by atoms with Gasteiger partial charge in [-0.2, -0.15) is 5.26 Å². The van der Waals surface area contributed by atoms with Crippen LogP contribution in [0.1, 0.15) is 36.7 Å². The molecule has 160 valence electrons. The van der Waals surface area contributed by atoms with E-state index in [0.717, 1.165) is 36.1 Å². The molecule has 1 amide bonds. The van der Waals surface area contributed by atoms with Gasteiger partial charge >= 0.3 is 5.97 Å². The number of amides is 1. The number of aryl methyl sites for hydroxylation is 1. The summed E-state index contributed by atoms with van der Waals surface area (Å²) >= 11 is 0. The quantitative estimate of drug-likeness (QED) is 0.380. The molecule has 0 fully saturated rings. The number of aromatic nitrogens is 2. The molecule has 8 heteroatoms. The van der Waals surface area contributed by atoms with Crippen LogP contribution in [0, 0.1) is 11.3 Å². The van der Waals surface area contributed by atoms with Gasteiger partial charge in [-0.3, -0.25) is 4.79 Å². The van der Waals surface area contributed by atoms with Crippen molar-refractivity contribution in [3.05, 3.63) is 59.4 Å². The highest BCUT2D eigenvalue weighted by atomic mass is 16.5. The number of carbonyl (C=O) groups is 2. The van der Waals surface area contributed by atoms with E-state index in [-0.39, 0.29) is 6.42 Å². The second-order valence-corrected chi connectivity index (χ2v) is 7.42. The average Bonchev–Trinajstić information content (AvgIpc) is 3.19. The number of rotatable bonds is 8. The first-order chi connectivity index (χ1) is 14.9. The lowest BCUT2D eigenvalue weighted by atomic mass is 9.90. The molecule has 0 aliphatic heterocycles. The number of hydrogen-bond donors (Lipinski definition) is 3. The van der Waals surface area contributed by atoms with Crippen LogP contribution in [-0.2, 0) is 27.2 Å². The Labute approximate surface area is 180 Å². The van der Waals surface area contributed by atoms with Crippen LogP contribution in [0.3, 0.4) is 0 Å². The molecule has 1 atom stereocenters. The van der Waals surface area contributed by atoms with Crippen molar-refractivity contribution in [1.29, 1.82) is 5.26 Å². The van der Waals surface area contributed by atoms with Gasteiger partial charge in [-0.05, 0) is 42.3 Å². The number of nitrogens with zero attached hydrogens (tertiary/aromatic N) is 2. The number of nitriles is 1. The molecular weight excluding hydrogens is 394 g/mol. The minimum Gasteiger partial charge on any atom is -0.467 e. The molecule has 4 N–H and O–H groups in total. The minimum atomic E-state index is -1.96. The van der Waals surface area contributed by atoms with Crippen LogP contribution in [0.5, 0.6) is 0 Å². The fourth-order valence-corrected chi connectivity index (χ4v) is 3.35. The molecule has 1 aromatic heterocycles. The highest BCUT2D eigenvalue weighted by Gasteiger charge is 2.43. The number of H-pyrrole nitrogens is 1. The molecule has 0 aliphatic rings. The van der Waals surface area contributed by atoms with E-state index in [9.17, 15) is 9.59 Å². The van der Waals surface area contributed by atoms with Crippen LogP contribution in [0.2, 0.25) is 0 Å². The molecule has 0 unspecified atom stereocenters. The summed E-state index contributed by atoms with van der Waals surface area (Å²) in [6.07, 6.45) is 2.84. The molecule has 2 aromatic carbocycles. The number of benzene rings is 2. The first-order valence-corrected chi connectivity index (χ1v) is 10.1. The Balaban J connectivity index is 1.84. The number of nitrogens with one attached hydrogen (secondary N) is 2. The van der Waals surface area contributed by atoms with E-state index in [1.807, 2.05) is 6.07 Å². The third-order valence-electron chi connectivity index (χ3n) is 5.05. The summed E-state index contributed by atoms with van der Waals surface area (Å²) in [5.41, 5.74) is 7.33. The maximum atomic E-state index is 13.0. The van der Waals surface area contributed by atoms with Gasteiger partial charge in [0.05, 0.1) is 29.8 Å². The Hall–Kier alpha value is -3.70. The SMILES string of the molecule is CCCCc1nc2ccc(NC(=O)[C@](N)(Cc3cccc(C#N)c3)C(=O)OC)cc2[nH]1. The van der Waals surface area contributed by atoms with Gasteiger partial charge in [-0.1, -0.05) is 25.5 Å². The topological polar surface area (TPSA) is 134 Å². The second-order valence-electron chi connectivity index (χ2n) is 7.42. The molecule has 8 nitrogen and oxygen atoms in total. The Morgan fingerprint density at radius 1 is 1.29 bits per heavy atom. The Morgan fingerprint density at radius 3 is 2.81 bits per heavy atom. The van der Waals surface area contributed by atoms with Crippen molar-refractivity contribution in [3.8, 4) is 6.07 Å². The van der Waals surface area contributed by atoms with Gasteiger partial charge in [0.1, 0.15) is 5.82 Å². The molecule has 0 aliphatic carbocycles. The van der Waals surface area contributed by atoms with E-state index in [1.165, 1.54) is 7.11 Å². The predicted octanol–water partition coefficient (Wildman–Crippen LogP) is 2.83. The number of carbonyl (C=O) groups excluding carboxylic acids is 2. The molecule has 3 aromatic rings. The largest absolute Gasteiger partial charge is 0.467 e. The smallest absolute Gasteiger partial charge is 0.336 e. The van der Waals surface area contributed by atoms with Crippen molar-refractivity contribution in [1.82, 2.24) is 9.97 Å². The third-order valence-corrected chi connectivity index (χ3v) is 5.05. The number of fused-ring (bicyclic) bond motifs is 1. The van der Waals surface area contributed by atoms with Crippen LogP contribution in [0.4, 0.5) is 5.69 Å². The minimum absolute atomic E-state index is 0.117. The van der Waals surface area contributed by atoms with E-state index in [4.69, 9.17) is 15.7 Å². The van der Waals surface area contributed by atoms with E-state index in [2.05, 4.69) is 22.2 Å². The summed E-state index contributed by atoms with van der Waals surface area (Å²) in [6.45, 7) is 2.12. The standard InChI is InChI=1S/C23H25N5O3/c1-3-4-8-20-27-18-10-9-17(12-19(18)28-20)26-21(29)23(25,22(30)31-2)13-15-6-5-7-16(11-15)14-24/h5-7,9-12H,3-4,8,13,25H2,1-2H3,(H,26,29)(H,27,28)/t23-/m1/s1. The predicted molar refractivity (Wildman–Crippen MR) is 117 cm³/mol. The number of anilines is 1. The van der Waals surface area contributed by atoms with Crippen molar-refractivity contribution < 1.29 is 14.3 Å². The van der Waals surface area contributed by atoms with E-state index in [1.54, 1.807) is 42.5 Å². The monoisotopic (exact) mass is 419 g/mol. The highest BCUT2D eigenvalue weighted by Crippen LogP contribution is 2.21. The van der Waals surface area contributed by atoms with Crippen LogP contribution in [0.15, 0.2) is 42.5 Å². The fourth-order valence-electron chi connectivity index (χ4n) is 3.35. The first-order valence-electron chi connectivity index (χ1n) is 10.1. The summed E-state index contributed by atoms with van der Waals surface area (Å²) in [7, 11) is 1.18. The molecule has 31 heavy (non-hydrogen) atoms. The maximum absolute atomic E-state index is 13.0. The summed E-state index contributed by atoms with van der Waals surface area (Å²) in [4.78, 5) is 33.3. The number of aromatic amines is 1. The van der Waals surface area contributed by atoms with Crippen LogP contribution >= 0.6 is 0 Å². The maximum Gasteiger partial charge on any atom is 0.336 e. The Bertz CT molecular complexity index is 1150. The van der Waals surface area contributed by atoms with Gasteiger partial charge in [0.2, 0.25) is 0 Å². The van der Waals surface area contributed by atoms with Crippen molar-refractivity contribution in [2.45, 2.75) is 38.1 Å². The Kier molecular flexibility index (Phi) is 6.68. The molecule has 0 saturated heterocycles. The summed E-state index contributed by atoms with van der Waals surface area (Å²) in [5.74, 6) is -0.677. The normalized spacial score (nSPS) is 12.7. The number of ether oxygens (including phenoxy) is 1. The van der Waals surface area contributed by atoms with Crippen molar-refractivity contribution in [2.75, 3.05) is 12.4 Å². The first kappa shape index (κ1) is 22.0. The van der Waals surface area contributed by atoms with Crippen LogP contribution in [-0.4, -0.2) is 34.5 Å². The zero-order valence-electron chi connectivity index (χ0n) is 17.6. The molecular formula is C23H25N5O3. The van der Waals surface area contributed by atoms with Gasteiger partial charge in [-0.25, -0.2) is 9.78 Å². The van der Waals surface area contributed by atoms with E-state index >= 15 is 0 Å². The number of imidazole rings is 1. The zero-order chi connectivity index (χ0) is 22.4. The zero-order valence-corrected chi connectivity index (χ0v) is 17.6. The summed E-state index contributed by atoms with van der Waals surface area (Å²) in [5, 5.41) is 11.8. The third kappa shape index (κ3) is 4.90. The Morgan fingerprint density at radius 2 is 2.10 bits per heavy atom. The number of esters is 1. The lowest BCUT2D eigenvalue weighted by Crippen LogP contribution is -2.59. The van der Waals surface area contributed by atoms with Gasteiger partial charge in [-0.15, -0.1) is 0 Å². The van der Waals surface area contributed by atoms with Crippen molar-refractivity contribution in [3.63, 3.8) is 0 Å². The number of hydrogen-bond acceptors (Lipinski definition) is 6. The summed E-state index contributed by atoms with van der Waals surface area (Å²) < 4.78 is 4.81. The molecule has 3 rings (SSSR count). The molecule has 1 heterocycles. The highest BCUT2D eigenvalue weighted by molar-refractivity contribution is 6.13. The van der Waals surface area contributed by atoms with Crippen LogP contribution < -0.4 is 11.1 Å². The van der Waals surface area contributed by atoms with Crippen molar-refractivity contribution in [2.24, 2.45) is 5.73 Å². The molecule has 0 radical (unpaired) electrons. The number of nitrogens with two attached hydrogens (primary N) is 1. The lowest BCUT2D eigenvalue weighted by molar-refractivity contribution is -0.150. The molecule has 0 bridgehead atoms. The van der Waals surface area contributed by atoms with Gasteiger partial charge in [0, 0.05) is 18.5 Å². The number of unbranched alkanes of at least 4 members (excludes halogenated alkanes) is 1. The van der Waals surface area contributed by atoms with Gasteiger partial charge < -0.3 is 20.8 Å². The number of methoxy groups -OCH3 is 1. The second kappa shape index (κ2) is 9.41. The van der Waals surface area contributed by atoms with Crippen molar-refractivity contribution >= 4 is 28.6 Å². The van der Waals surface area contributed by atoms with E-state index < -0.39 is 17.4 Å². The van der Waals surface area contributed by atoms with Crippen LogP contribution in [0.25, 0.3) is 11.0 Å². The summed E-state index contributed by atoms with van der Waals surface area (Å²) in [6, 6.07) is 13.9. The average molecular weight is 419 g/mol. The lowest BCUT2D eigenvalue weighted by Gasteiger charge is -2.25. The van der Waals surface area contributed by atoms with E-state index in [0.29, 0.717) is 16.8 Å². The molecule has 0 saturated carbocycles. The fraction of sp³-hybridized carbons (Fsp3) is 0.304. The molecule has 0 spiro atoms. The van der Waals surface area contributed by atoms with Gasteiger partial charge in [0.15, 0.2) is 5.54 Å². The van der Waals surface area contributed by atoms with Gasteiger partial charge in [0.25, 0.3) is 5.91 Å².